The van der Waals surface area contributed by atoms with Gasteiger partial charge in [0.15, 0.2) is 0 Å². The van der Waals surface area contributed by atoms with Crippen molar-refractivity contribution in [2.75, 3.05) is 13.7 Å². The zero-order valence-corrected chi connectivity index (χ0v) is 10.7. The number of carbonyl (C=O) groups excluding carboxylic acids is 1. The van der Waals surface area contributed by atoms with Gasteiger partial charge in [0.2, 0.25) is 0 Å². The Bertz CT molecular complexity index is 343. The molecule has 0 aromatic heterocycles. The van der Waals surface area contributed by atoms with Crippen LogP contribution in [-0.4, -0.2) is 25.3 Å². The average molecular weight is 223 g/mol. The Balaban J connectivity index is 2.14. The maximum atomic E-state index is 11.1. The summed E-state index contributed by atoms with van der Waals surface area (Å²) in [5.74, 6) is 0.334. The van der Waals surface area contributed by atoms with E-state index in [-0.39, 0.29) is 12.5 Å². The lowest BCUT2D eigenvalue weighted by Gasteiger charge is -2.33. The predicted octanol–water partition coefficient (Wildman–Crippen LogP) is 2.45. The van der Waals surface area contributed by atoms with Gasteiger partial charge >= 0.3 is 5.97 Å². The highest BCUT2D eigenvalue weighted by atomic mass is 16.5. The third-order valence-corrected chi connectivity index (χ3v) is 5.02. The number of aliphatic imine (C=N–C) groups is 1. The summed E-state index contributed by atoms with van der Waals surface area (Å²) in [5, 5.41) is 0. The first kappa shape index (κ1) is 11.6. The largest absolute Gasteiger partial charge is 0.468 e. The molecule has 0 aliphatic heterocycles. The Morgan fingerprint density at radius 3 is 2.62 bits per heavy atom. The number of esters is 1. The molecule has 2 aliphatic carbocycles. The normalized spacial score (nSPS) is 38.0. The summed E-state index contributed by atoms with van der Waals surface area (Å²) >= 11 is 0. The maximum Gasteiger partial charge on any atom is 0.327 e. The van der Waals surface area contributed by atoms with E-state index in [4.69, 9.17) is 0 Å². The Morgan fingerprint density at radius 1 is 1.50 bits per heavy atom. The van der Waals surface area contributed by atoms with Gasteiger partial charge in [-0.15, -0.1) is 0 Å². The monoisotopic (exact) mass is 223 g/mol. The molecule has 0 N–H and O–H groups in total. The number of fused-ring (bicyclic) bond motifs is 2. The zero-order chi connectivity index (χ0) is 12.0. The maximum absolute atomic E-state index is 11.1. The fourth-order valence-corrected chi connectivity index (χ4v) is 3.39. The lowest BCUT2D eigenvalue weighted by molar-refractivity contribution is -0.138. The van der Waals surface area contributed by atoms with Crippen LogP contribution in [0.15, 0.2) is 4.99 Å². The van der Waals surface area contributed by atoms with Gasteiger partial charge in [-0.2, -0.15) is 0 Å². The summed E-state index contributed by atoms with van der Waals surface area (Å²) in [6, 6.07) is 0. The summed E-state index contributed by atoms with van der Waals surface area (Å²) in [6.45, 7) is 7.22. The molecule has 16 heavy (non-hydrogen) atoms. The average Bonchev–Trinajstić information content (AvgIpc) is 2.57. The van der Waals surface area contributed by atoms with Crippen LogP contribution in [0.25, 0.3) is 0 Å². The minimum absolute atomic E-state index is 0.189. The number of rotatable bonds is 2. The van der Waals surface area contributed by atoms with Crippen molar-refractivity contribution < 1.29 is 9.53 Å². The molecular formula is C13H21NO2. The molecule has 90 valence electrons. The molecule has 2 unspecified atom stereocenters. The molecule has 2 rings (SSSR count). The van der Waals surface area contributed by atoms with Crippen LogP contribution in [0.1, 0.15) is 40.0 Å². The molecule has 3 heteroatoms. The van der Waals surface area contributed by atoms with Gasteiger partial charge in [-0.05, 0) is 30.1 Å². The van der Waals surface area contributed by atoms with Crippen molar-refractivity contribution in [3.63, 3.8) is 0 Å². The molecule has 0 spiro atoms. The van der Waals surface area contributed by atoms with Gasteiger partial charge in [-0.1, -0.05) is 20.8 Å². The van der Waals surface area contributed by atoms with E-state index in [1.165, 1.54) is 25.7 Å². The molecule has 3 nitrogen and oxygen atoms in total. The summed E-state index contributed by atoms with van der Waals surface area (Å²) in [7, 11) is 1.41. The molecule has 0 amide bonds. The van der Waals surface area contributed by atoms with E-state index in [9.17, 15) is 4.79 Å². The fraction of sp³-hybridized carbons (Fsp3) is 0.846. The highest BCUT2D eigenvalue weighted by Gasteiger charge is 2.58. The molecule has 0 saturated heterocycles. The van der Waals surface area contributed by atoms with Crippen LogP contribution in [0, 0.1) is 16.7 Å². The first-order chi connectivity index (χ1) is 7.40. The van der Waals surface area contributed by atoms with Crippen LogP contribution in [0.2, 0.25) is 0 Å². The SMILES string of the molecule is COC(=O)CN=C1CC2(C)CCC1C2(C)C. The smallest absolute Gasteiger partial charge is 0.327 e. The molecule has 2 atom stereocenters. The highest BCUT2D eigenvalue weighted by Crippen LogP contribution is 2.64. The molecule has 2 fully saturated rings. The van der Waals surface area contributed by atoms with E-state index in [0.29, 0.717) is 16.7 Å². The van der Waals surface area contributed by atoms with E-state index in [2.05, 4.69) is 30.5 Å². The quantitative estimate of drug-likeness (QED) is 0.674. The van der Waals surface area contributed by atoms with E-state index in [1.807, 2.05) is 0 Å². The van der Waals surface area contributed by atoms with Crippen LogP contribution in [0.3, 0.4) is 0 Å². The molecule has 2 aliphatic rings. The number of nitrogens with zero attached hydrogens (tertiary/aromatic N) is 1. The first-order valence-corrected chi connectivity index (χ1v) is 6.01. The summed E-state index contributed by atoms with van der Waals surface area (Å²) < 4.78 is 4.62. The Labute approximate surface area is 97.3 Å². The molecule has 0 aromatic carbocycles. The third-order valence-electron chi connectivity index (χ3n) is 5.02. The Hall–Kier alpha value is -0.860. The second-order valence-corrected chi connectivity index (χ2v) is 5.93. The van der Waals surface area contributed by atoms with Crippen molar-refractivity contribution in [1.82, 2.24) is 0 Å². The number of hydrogen-bond acceptors (Lipinski definition) is 3. The third kappa shape index (κ3) is 1.48. The Morgan fingerprint density at radius 2 is 2.19 bits per heavy atom. The van der Waals surface area contributed by atoms with Crippen LogP contribution >= 0.6 is 0 Å². The van der Waals surface area contributed by atoms with Gasteiger partial charge in [-0.25, -0.2) is 0 Å². The predicted molar refractivity (Wildman–Crippen MR) is 63.5 cm³/mol. The van der Waals surface area contributed by atoms with Gasteiger partial charge in [0.25, 0.3) is 0 Å². The van der Waals surface area contributed by atoms with Gasteiger partial charge in [-0.3, -0.25) is 9.79 Å². The van der Waals surface area contributed by atoms with Crippen molar-refractivity contribution >= 4 is 11.7 Å². The lowest BCUT2D eigenvalue weighted by atomic mass is 9.71. The topological polar surface area (TPSA) is 38.7 Å². The van der Waals surface area contributed by atoms with Gasteiger partial charge in [0.05, 0.1) is 7.11 Å². The van der Waals surface area contributed by atoms with E-state index >= 15 is 0 Å². The summed E-state index contributed by atoms with van der Waals surface area (Å²) in [4.78, 5) is 15.5. The molecule has 0 heterocycles. The number of carbonyl (C=O) groups is 1. The Kier molecular flexibility index (Phi) is 2.59. The number of methoxy groups -OCH3 is 1. The first-order valence-electron chi connectivity index (χ1n) is 6.01. The van der Waals surface area contributed by atoms with Crippen LogP contribution in [0.4, 0.5) is 0 Å². The molecule has 2 saturated carbocycles. The standard InChI is InChI=1S/C13H21NO2/c1-12(2)9-5-6-13(12,3)7-10(9)14-8-11(15)16-4/h9H,5-8H2,1-4H3. The summed E-state index contributed by atoms with van der Waals surface area (Å²) in [6.07, 6.45) is 3.58. The lowest BCUT2D eigenvalue weighted by Crippen LogP contribution is -2.26. The van der Waals surface area contributed by atoms with Gasteiger partial charge in [0.1, 0.15) is 6.54 Å². The summed E-state index contributed by atoms with van der Waals surface area (Å²) in [5.41, 5.74) is 1.96. The second kappa shape index (κ2) is 3.57. The minimum Gasteiger partial charge on any atom is -0.468 e. The minimum atomic E-state index is -0.238. The second-order valence-electron chi connectivity index (χ2n) is 5.93. The van der Waals surface area contributed by atoms with Crippen LogP contribution in [0.5, 0.6) is 0 Å². The zero-order valence-electron chi connectivity index (χ0n) is 10.7. The number of ether oxygens (including phenoxy) is 1. The van der Waals surface area contributed by atoms with Crippen molar-refractivity contribution in [2.24, 2.45) is 21.7 Å². The van der Waals surface area contributed by atoms with Crippen LogP contribution in [-0.2, 0) is 9.53 Å². The van der Waals surface area contributed by atoms with Gasteiger partial charge in [0, 0.05) is 11.6 Å². The molecule has 0 aromatic rings. The van der Waals surface area contributed by atoms with Crippen molar-refractivity contribution in [3.05, 3.63) is 0 Å². The molecule has 2 bridgehead atoms. The van der Waals surface area contributed by atoms with Crippen LogP contribution < -0.4 is 0 Å². The van der Waals surface area contributed by atoms with Crippen molar-refractivity contribution in [3.8, 4) is 0 Å². The molecular weight excluding hydrogens is 202 g/mol. The van der Waals surface area contributed by atoms with E-state index in [1.54, 1.807) is 0 Å². The van der Waals surface area contributed by atoms with E-state index < -0.39 is 0 Å². The van der Waals surface area contributed by atoms with Gasteiger partial charge < -0.3 is 4.74 Å². The van der Waals surface area contributed by atoms with E-state index in [0.717, 1.165) is 6.42 Å². The molecule has 0 radical (unpaired) electrons. The highest BCUT2D eigenvalue weighted by molar-refractivity contribution is 5.93. The van der Waals surface area contributed by atoms with Crippen molar-refractivity contribution in [1.29, 1.82) is 0 Å². The number of hydrogen-bond donors (Lipinski definition) is 0. The van der Waals surface area contributed by atoms with Crippen molar-refractivity contribution in [2.45, 2.75) is 40.0 Å². The fourth-order valence-electron chi connectivity index (χ4n) is 3.39.